The maximum Gasteiger partial charge on any atom is 0.291 e. The first-order valence-corrected chi connectivity index (χ1v) is 13.7. The number of benzene rings is 3. The van der Waals surface area contributed by atoms with Crippen molar-refractivity contribution >= 4 is 73.0 Å². The number of carbonyl (C=O) groups excluding carboxylic acids is 1. The van der Waals surface area contributed by atoms with Gasteiger partial charge in [-0.1, -0.05) is 70.9 Å². The van der Waals surface area contributed by atoms with Crippen molar-refractivity contribution in [2.24, 2.45) is 0 Å². The van der Waals surface area contributed by atoms with E-state index < -0.39 is 15.9 Å². The van der Waals surface area contributed by atoms with E-state index in [1.54, 1.807) is 36.4 Å². The Labute approximate surface area is 214 Å². The molecule has 7 nitrogen and oxygen atoms in total. The zero-order valence-corrected chi connectivity index (χ0v) is 21.2. The number of nitrogens with one attached hydrogen (secondary N) is 2. The van der Waals surface area contributed by atoms with Gasteiger partial charge in [-0.15, -0.1) is 22.0 Å². The highest BCUT2D eigenvalue weighted by Crippen LogP contribution is 2.32. The Morgan fingerprint density at radius 3 is 2.41 bits per heavy atom. The molecule has 0 saturated carbocycles. The third-order valence-electron chi connectivity index (χ3n) is 4.41. The number of thioether (sulfide) groups is 1. The smallest absolute Gasteiger partial charge is 0.291 e. The first kappa shape index (κ1) is 24.5. The minimum atomic E-state index is -4.03. The number of para-hydroxylation sites is 1. The van der Waals surface area contributed by atoms with Crippen LogP contribution in [0.3, 0.4) is 0 Å². The lowest BCUT2D eigenvalue weighted by molar-refractivity contribution is 0.102. The maximum absolute atomic E-state index is 12.9. The number of rotatable bonds is 8. The van der Waals surface area contributed by atoms with E-state index in [1.807, 2.05) is 36.4 Å². The number of sulfonamides is 1. The van der Waals surface area contributed by atoms with Gasteiger partial charge < -0.3 is 0 Å². The lowest BCUT2D eigenvalue weighted by atomic mass is 10.2. The quantitative estimate of drug-likeness (QED) is 0.200. The normalized spacial score (nSPS) is 11.2. The molecule has 1 heterocycles. The van der Waals surface area contributed by atoms with Crippen LogP contribution in [0.4, 0.5) is 10.8 Å². The molecule has 2 N–H and O–H groups in total. The summed E-state index contributed by atoms with van der Waals surface area (Å²) in [6.45, 7) is 0. The van der Waals surface area contributed by atoms with Crippen molar-refractivity contribution in [1.82, 2.24) is 10.2 Å². The topological polar surface area (TPSA) is 101 Å². The van der Waals surface area contributed by atoms with E-state index in [4.69, 9.17) is 23.2 Å². The second-order valence-corrected chi connectivity index (χ2v) is 11.5. The van der Waals surface area contributed by atoms with E-state index >= 15 is 0 Å². The molecule has 0 aliphatic carbocycles. The summed E-state index contributed by atoms with van der Waals surface area (Å²) in [5.74, 6) is 0.120. The fourth-order valence-electron chi connectivity index (χ4n) is 2.79. The number of hydrogen-bond acceptors (Lipinski definition) is 7. The van der Waals surface area contributed by atoms with E-state index in [2.05, 4.69) is 20.2 Å². The minimum absolute atomic E-state index is 0.0377. The van der Waals surface area contributed by atoms with Crippen LogP contribution in [0.15, 0.2) is 82.0 Å². The number of nitrogens with zero attached hydrogens (tertiary/aromatic N) is 2. The summed E-state index contributed by atoms with van der Waals surface area (Å²) in [4.78, 5) is 13.2. The molecule has 0 unspecified atom stereocenters. The molecule has 0 saturated heterocycles. The molecule has 0 aliphatic rings. The summed E-state index contributed by atoms with van der Waals surface area (Å²) in [6.07, 6.45) is 0. The lowest BCUT2D eigenvalue weighted by Crippen LogP contribution is -2.13. The van der Waals surface area contributed by atoms with Gasteiger partial charge in [-0.2, -0.15) is 8.42 Å². The summed E-state index contributed by atoms with van der Waals surface area (Å²) in [5.41, 5.74) is 1.71. The number of hydrogen-bond donors (Lipinski definition) is 2. The average Bonchev–Trinajstić information content (AvgIpc) is 3.29. The third kappa shape index (κ3) is 6.08. The van der Waals surface area contributed by atoms with Crippen LogP contribution in [-0.2, 0) is 15.8 Å². The molecular formula is C22H16Cl2N4O3S3. The van der Waals surface area contributed by atoms with Crippen LogP contribution in [0.1, 0.15) is 15.9 Å². The molecule has 0 fully saturated rings. The van der Waals surface area contributed by atoms with E-state index in [-0.39, 0.29) is 20.1 Å². The maximum atomic E-state index is 12.9. The van der Waals surface area contributed by atoms with Crippen molar-refractivity contribution in [2.75, 3.05) is 10.0 Å². The van der Waals surface area contributed by atoms with Crippen LogP contribution in [0.25, 0.3) is 0 Å². The molecule has 1 amide bonds. The monoisotopic (exact) mass is 550 g/mol. The van der Waals surface area contributed by atoms with Gasteiger partial charge in [-0.3, -0.25) is 14.8 Å². The highest BCUT2D eigenvalue weighted by atomic mass is 35.5. The number of carbonyl (C=O) groups is 1. The zero-order chi connectivity index (χ0) is 24.1. The Kier molecular flexibility index (Phi) is 7.74. The molecule has 3 aromatic carbocycles. The van der Waals surface area contributed by atoms with Gasteiger partial charge in [0, 0.05) is 15.7 Å². The molecular weight excluding hydrogens is 535 g/mol. The van der Waals surface area contributed by atoms with Crippen LogP contribution in [0.5, 0.6) is 0 Å². The van der Waals surface area contributed by atoms with Gasteiger partial charge in [0.05, 0.1) is 16.3 Å². The van der Waals surface area contributed by atoms with Crippen molar-refractivity contribution in [1.29, 1.82) is 0 Å². The van der Waals surface area contributed by atoms with Gasteiger partial charge in [0.2, 0.25) is 5.13 Å². The van der Waals surface area contributed by atoms with Crippen molar-refractivity contribution in [3.63, 3.8) is 0 Å². The molecule has 0 atom stereocenters. The van der Waals surface area contributed by atoms with Gasteiger partial charge in [-0.25, -0.2) is 0 Å². The highest BCUT2D eigenvalue weighted by molar-refractivity contribution is 7.99. The van der Waals surface area contributed by atoms with Crippen LogP contribution >= 0.6 is 46.3 Å². The lowest BCUT2D eigenvalue weighted by Gasteiger charge is -2.11. The van der Waals surface area contributed by atoms with E-state index in [9.17, 15) is 13.2 Å². The van der Waals surface area contributed by atoms with Gasteiger partial charge in [0.1, 0.15) is 0 Å². The van der Waals surface area contributed by atoms with Crippen LogP contribution < -0.4 is 10.0 Å². The molecule has 0 bridgehead atoms. The van der Waals surface area contributed by atoms with E-state index in [0.29, 0.717) is 16.5 Å². The highest BCUT2D eigenvalue weighted by Gasteiger charge is 2.23. The van der Waals surface area contributed by atoms with E-state index in [0.717, 1.165) is 21.8 Å². The summed E-state index contributed by atoms with van der Waals surface area (Å²) < 4.78 is 28.1. The summed E-state index contributed by atoms with van der Waals surface area (Å²) >= 11 is 14.2. The second-order valence-electron chi connectivity index (χ2n) is 6.82. The standard InChI is InChI=1S/C22H16Cl2N4O3S3/c23-15-11-9-14(10-12-15)13-32-19-8-4-3-7-18(19)28-34(30,31)22-27-26-21(33-22)25-20(29)16-5-1-2-6-17(16)24/h1-12,28H,13H2,(H,25,26,29). The average molecular weight is 552 g/mol. The van der Waals surface area contributed by atoms with Crippen molar-refractivity contribution in [2.45, 2.75) is 15.0 Å². The Bertz CT molecular complexity index is 1430. The van der Waals surface area contributed by atoms with Gasteiger partial charge in [-0.05, 0) is 42.0 Å². The van der Waals surface area contributed by atoms with Gasteiger partial charge >= 0.3 is 0 Å². The summed E-state index contributed by atoms with van der Waals surface area (Å²) in [7, 11) is -4.03. The van der Waals surface area contributed by atoms with Crippen LogP contribution in [0.2, 0.25) is 10.0 Å². The molecule has 12 heteroatoms. The SMILES string of the molecule is O=C(Nc1nnc(S(=O)(=O)Nc2ccccc2SCc2ccc(Cl)cc2)s1)c1ccccc1Cl. The Morgan fingerprint density at radius 1 is 0.941 bits per heavy atom. The Morgan fingerprint density at radius 2 is 1.65 bits per heavy atom. The first-order chi connectivity index (χ1) is 16.3. The molecule has 4 rings (SSSR count). The molecule has 0 radical (unpaired) electrons. The van der Waals surface area contributed by atoms with Crippen molar-refractivity contribution < 1.29 is 13.2 Å². The number of amides is 1. The zero-order valence-electron chi connectivity index (χ0n) is 17.2. The van der Waals surface area contributed by atoms with Gasteiger partial charge in [0.25, 0.3) is 20.3 Å². The van der Waals surface area contributed by atoms with Gasteiger partial charge in [0.15, 0.2) is 0 Å². The fourth-order valence-corrected chi connectivity index (χ4v) is 6.14. The molecule has 174 valence electrons. The predicted octanol–water partition coefficient (Wildman–Crippen LogP) is 6.19. The summed E-state index contributed by atoms with van der Waals surface area (Å²) in [6, 6.07) is 21.0. The molecule has 4 aromatic rings. The van der Waals surface area contributed by atoms with Crippen molar-refractivity contribution in [3.05, 3.63) is 94.0 Å². The van der Waals surface area contributed by atoms with Crippen LogP contribution in [0, 0.1) is 0 Å². The summed E-state index contributed by atoms with van der Waals surface area (Å²) in [5, 5.41) is 11.0. The Hall–Kier alpha value is -2.63. The Balaban J connectivity index is 1.46. The first-order valence-electron chi connectivity index (χ1n) is 9.70. The molecule has 0 spiro atoms. The van der Waals surface area contributed by atoms with Crippen molar-refractivity contribution in [3.8, 4) is 0 Å². The molecule has 34 heavy (non-hydrogen) atoms. The largest absolute Gasteiger partial charge is 0.296 e. The predicted molar refractivity (Wildman–Crippen MR) is 138 cm³/mol. The number of halogens is 2. The fraction of sp³-hybridized carbons (Fsp3) is 0.0455. The number of anilines is 2. The molecule has 0 aliphatic heterocycles. The van der Waals surface area contributed by atoms with E-state index in [1.165, 1.54) is 11.8 Å². The van der Waals surface area contributed by atoms with Crippen LogP contribution in [-0.4, -0.2) is 24.5 Å². The minimum Gasteiger partial charge on any atom is -0.296 e. The molecule has 1 aromatic heterocycles. The third-order valence-corrected chi connectivity index (χ3v) is 8.71. The number of aromatic nitrogens is 2. The second kappa shape index (κ2) is 10.7.